The molecular formula is C11H12N4. The third-order valence-corrected chi connectivity index (χ3v) is 2.19. The van der Waals surface area contributed by atoms with Gasteiger partial charge in [0.05, 0.1) is 11.7 Å². The van der Waals surface area contributed by atoms with Crippen molar-refractivity contribution in [3.63, 3.8) is 0 Å². The fourth-order valence-electron chi connectivity index (χ4n) is 1.45. The Labute approximate surface area is 88.2 Å². The van der Waals surface area contributed by atoms with E-state index in [1.807, 2.05) is 30.3 Å². The molecule has 2 heterocycles. The van der Waals surface area contributed by atoms with Gasteiger partial charge in [0, 0.05) is 18.6 Å². The van der Waals surface area contributed by atoms with E-state index in [1.54, 1.807) is 18.6 Å². The highest BCUT2D eigenvalue weighted by molar-refractivity contribution is 5.25. The number of pyridine rings is 2. The van der Waals surface area contributed by atoms with Crippen LogP contribution in [0.25, 0.3) is 0 Å². The molecule has 0 saturated heterocycles. The zero-order valence-electron chi connectivity index (χ0n) is 8.17. The lowest BCUT2D eigenvalue weighted by atomic mass is 10.1. The first-order valence-electron chi connectivity index (χ1n) is 4.69. The van der Waals surface area contributed by atoms with Crippen LogP contribution in [0.1, 0.15) is 17.3 Å². The Kier molecular flexibility index (Phi) is 3.02. The molecule has 0 spiro atoms. The minimum absolute atomic E-state index is 0.0887. The van der Waals surface area contributed by atoms with E-state index >= 15 is 0 Å². The normalized spacial score (nSPS) is 12.3. The number of nitrogens with two attached hydrogens (primary N) is 1. The average Bonchev–Trinajstić information content (AvgIpc) is 2.33. The highest BCUT2D eigenvalue weighted by atomic mass is 15.2. The van der Waals surface area contributed by atoms with Crippen LogP contribution in [0.3, 0.4) is 0 Å². The summed E-state index contributed by atoms with van der Waals surface area (Å²) in [4.78, 5) is 8.23. The third-order valence-electron chi connectivity index (χ3n) is 2.19. The van der Waals surface area contributed by atoms with Crippen LogP contribution < -0.4 is 11.3 Å². The molecule has 0 bridgehead atoms. The van der Waals surface area contributed by atoms with Gasteiger partial charge in [-0.3, -0.25) is 15.8 Å². The van der Waals surface area contributed by atoms with E-state index in [-0.39, 0.29) is 6.04 Å². The predicted octanol–water partition coefficient (Wildman–Crippen LogP) is 1.03. The van der Waals surface area contributed by atoms with Crippen LogP contribution in [0.15, 0.2) is 48.9 Å². The molecule has 15 heavy (non-hydrogen) atoms. The number of nitrogens with zero attached hydrogens (tertiary/aromatic N) is 2. The van der Waals surface area contributed by atoms with Crippen molar-refractivity contribution in [2.45, 2.75) is 6.04 Å². The molecule has 4 nitrogen and oxygen atoms in total. The maximum Gasteiger partial charge on any atom is 0.0882 e. The van der Waals surface area contributed by atoms with Crippen LogP contribution in [0.5, 0.6) is 0 Å². The number of nitrogens with one attached hydrogen (secondary N) is 1. The third kappa shape index (κ3) is 2.18. The lowest BCUT2D eigenvalue weighted by Gasteiger charge is -2.14. The van der Waals surface area contributed by atoms with E-state index in [4.69, 9.17) is 5.84 Å². The molecule has 0 aliphatic carbocycles. The smallest absolute Gasteiger partial charge is 0.0882 e. The number of aromatic nitrogens is 2. The van der Waals surface area contributed by atoms with E-state index in [1.165, 1.54) is 0 Å². The van der Waals surface area contributed by atoms with Gasteiger partial charge in [-0.25, -0.2) is 5.43 Å². The molecule has 0 saturated carbocycles. The quantitative estimate of drug-likeness (QED) is 0.573. The van der Waals surface area contributed by atoms with Crippen molar-refractivity contribution < 1.29 is 0 Å². The highest BCUT2D eigenvalue weighted by Gasteiger charge is 2.12. The van der Waals surface area contributed by atoms with Gasteiger partial charge in [-0.2, -0.15) is 0 Å². The minimum atomic E-state index is -0.0887. The largest absolute Gasteiger partial charge is 0.271 e. The van der Waals surface area contributed by atoms with Crippen molar-refractivity contribution >= 4 is 0 Å². The first-order chi connectivity index (χ1) is 7.42. The first kappa shape index (κ1) is 9.76. The van der Waals surface area contributed by atoms with Crippen LogP contribution in [0.2, 0.25) is 0 Å². The van der Waals surface area contributed by atoms with Gasteiger partial charge in [0.2, 0.25) is 0 Å². The highest BCUT2D eigenvalue weighted by Crippen LogP contribution is 2.17. The SMILES string of the molecule is NNC(c1ccncc1)c1ccccn1. The van der Waals surface area contributed by atoms with Crippen LogP contribution >= 0.6 is 0 Å². The van der Waals surface area contributed by atoms with Crippen molar-refractivity contribution in [3.8, 4) is 0 Å². The van der Waals surface area contributed by atoms with E-state index in [9.17, 15) is 0 Å². The molecule has 1 unspecified atom stereocenters. The van der Waals surface area contributed by atoms with E-state index in [0.29, 0.717) is 0 Å². The zero-order valence-corrected chi connectivity index (χ0v) is 8.17. The summed E-state index contributed by atoms with van der Waals surface area (Å²) in [6.45, 7) is 0. The van der Waals surface area contributed by atoms with Gasteiger partial charge in [-0.1, -0.05) is 6.07 Å². The second-order valence-corrected chi connectivity index (χ2v) is 3.13. The standard InChI is InChI=1S/C11H12N4/c12-15-11(9-4-7-13-8-5-9)10-3-1-2-6-14-10/h1-8,11,15H,12H2. The summed E-state index contributed by atoms with van der Waals surface area (Å²) in [7, 11) is 0. The molecule has 0 aliphatic rings. The minimum Gasteiger partial charge on any atom is -0.271 e. The van der Waals surface area contributed by atoms with Crippen LogP contribution in [-0.4, -0.2) is 9.97 Å². The molecule has 2 aromatic rings. The van der Waals surface area contributed by atoms with Crippen molar-refractivity contribution in [2.24, 2.45) is 5.84 Å². The van der Waals surface area contributed by atoms with Crippen LogP contribution in [0.4, 0.5) is 0 Å². The maximum absolute atomic E-state index is 5.53. The summed E-state index contributed by atoms with van der Waals surface area (Å²) in [5, 5.41) is 0. The Balaban J connectivity index is 2.34. The van der Waals surface area contributed by atoms with Crippen molar-refractivity contribution in [1.82, 2.24) is 15.4 Å². The second-order valence-electron chi connectivity index (χ2n) is 3.13. The molecule has 0 fully saturated rings. The Morgan fingerprint density at radius 3 is 2.47 bits per heavy atom. The van der Waals surface area contributed by atoms with Crippen LogP contribution in [0, 0.1) is 0 Å². The van der Waals surface area contributed by atoms with Crippen molar-refractivity contribution in [3.05, 3.63) is 60.2 Å². The molecule has 2 aromatic heterocycles. The van der Waals surface area contributed by atoms with E-state index in [0.717, 1.165) is 11.3 Å². The summed E-state index contributed by atoms with van der Waals surface area (Å²) >= 11 is 0. The van der Waals surface area contributed by atoms with E-state index in [2.05, 4.69) is 15.4 Å². The molecule has 4 heteroatoms. The van der Waals surface area contributed by atoms with Gasteiger partial charge in [0.25, 0.3) is 0 Å². The molecule has 0 aliphatic heterocycles. The fraction of sp³-hybridized carbons (Fsp3) is 0.0909. The second kappa shape index (κ2) is 4.63. The molecule has 0 amide bonds. The molecule has 1 atom stereocenters. The van der Waals surface area contributed by atoms with Gasteiger partial charge < -0.3 is 0 Å². The van der Waals surface area contributed by atoms with Gasteiger partial charge in [0.1, 0.15) is 0 Å². The number of hydrogen-bond acceptors (Lipinski definition) is 4. The molecule has 3 N–H and O–H groups in total. The Morgan fingerprint density at radius 2 is 1.87 bits per heavy atom. The summed E-state index contributed by atoms with van der Waals surface area (Å²) in [6.07, 6.45) is 5.23. The molecular weight excluding hydrogens is 188 g/mol. The van der Waals surface area contributed by atoms with Gasteiger partial charge in [-0.15, -0.1) is 0 Å². The first-order valence-corrected chi connectivity index (χ1v) is 4.69. The predicted molar refractivity (Wildman–Crippen MR) is 57.6 cm³/mol. The van der Waals surface area contributed by atoms with E-state index < -0.39 is 0 Å². The maximum atomic E-state index is 5.53. The average molecular weight is 200 g/mol. The Hall–Kier alpha value is -1.78. The summed E-state index contributed by atoms with van der Waals surface area (Å²) in [6, 6.07) is 9.50. The Morgan fingerprint density at radius 1 is 1.07 bits per heavy atom. The number of rotatable bonds is 3. The summed E-state index contributed by atoms with van der Waals surface area (Å²) in [5.74, 6) is 5.53. The lowest BCUT2D eigenvalue weighted by Crippen LogP contribution is -2.29. The van der Waals surface area contributed by atoms with Crippen LogP contribution in [-0.2, 0) is 0 Å². The fourth-order valence-corrected chi connectivity index (χ4v) is 1.45. The summed E-state index contributed by atoms with van der Waals surface area (Å²) < 4.78 is 0. The van der Waals surface area contributed by atoms with Gasteiger partial charge >= 0.3 is 0 Å². The molecule has 2 rings (SSSR count). The lowest BCUT2D eigenvalue weighted by molar-refractivity contribution is 0.620. The molecule has 0 radical (unpaired) electrons. The molecule has 76 valence electrons. The van der Waals surface area contributed by atoms with Gasteiger partial charge in [-0.05, 0) is 29.8 Å². The Bertz CT molecular complexity index is 362. The zero-order chi connectivity index (χ0) is 10.5. The number of hydrazine groups is 1. The van der Waals surface area contributed by atoms with Crippen molar-refractivity contribution in [2.75, 3.05) is 0 Å². The van der Waals surface area contributed by atoms with Crippen molar-refractivity contribution in [1.29, 1.82) is 0 Å². The number of hydrogen-bond donors (Lipinski definition) is 2. The van der Waals surface area contributed by atoms with Gasteiger partial charge in [0.15, 0.2) is 0 Å². The molecule has 0 aromatic carbocycles. The summed E-state index contributed by atoms with van der Waals surface area (Å²) in [5.41, 5.74) is 4.69. The monoisotopic (exact) mass is 200 g/mol. The topological polar surface area (TPSA) is 63.8 Å².